The van der Waals surface area contributed by atoms with E-state index in [1.807, 2.05) is 13.8 Å². The van der Waals surface area contributed by atoms with Crippen molar-refractivity contribution in [2.75, 3.05) is 5.32 Å². The summed E-state index contributed by atoms with van der Waals surface area (Å²) in [7, 11) is 0. The highest BCUT2D eigenvalue weighted by molar-refractivity contribution is 5.97. The van der Waals surface area contributed by atoms with Gasteiger partial charge in [0.1, 0.15) is 5.82 Å². The fourth-order valence-electron chi connectivity index (χ4n) is 2.33. The SMILES string of the molecule is CCC(C)C(N)C(=O)Nc1ccc(C(=O)NCc2ccc(F)cc2)cc1.Cl. The van der Waals surface area contributed by atoms with Crippen LogP contribution in [0.1, 0.15) is 36.2 Å². The average Bonchev–Trinajstić information content (AvgIpc) is 2.66. The number of halogens is 2. The molecule has 0 heterocycles. The number of carbonyl (C=O) groups excluding carboxylic acids is 2. The van der Waals surface area contributed by atoms with Gasteiger partial charge in [-0.1, -0.05) is 32.4 Å². The summed E-state index contributed by atoms with van der Waals surface area (Å²) in [6.45, 7) is 4.22. The van der Waals surface area contributed by atoms with Crippen molar-refractivity contribution in [3.63, 3.8) is 0 Å². The van der Waals surface area contributed by atoms with Crippen LogP contribution >= 0.6 is 12.4 Å². The molecular weight excluding hydrogens is 369 g/mol. The van der Waals surface area contributed by atoms with Gasteiger partial charge in [0, 0.05) is 17.8 Å². The van der Waals surface area contributed by atoms with Gasteiger partial charge in [-0.05, 0) is 47.9 Å². The molecule has 0 radical (unpaired) electrons. The highest BCUT2D eigenvalue weighted by Crippen LogP contribution is 2.13. The van der Waals surface area contributed by atoms with Gasteiger partial charge in [0.05, 0.1) is 6.04 Å². The van der Waals surface area contributed by atoms with E-state index in [0.717, 1.165) is 12.0 Å². The van der Waals surface area contributed by atoms with E-state index >= 15 is 0 Å². The van der Waals surface area contributed by atoms with Crippen LogP contribution in [0.2, 0.25) is 0 Å². The highest BCUT2D eigenvalue weighted by atomic mass is 35.5. The zero-order valence-electron chi connectivity index (χ0n) is 15.4. The zero-order chi connectivity index (χ0) is 19.1. The fourth-order valence-corrected chi connectivity index (χ4v) is 2.33. The van der Waals surface area contributed by atoms with E-state index in [9.17, 15) is 14.0 Å². The second kappa shape index (κ2) is 10.6. The molecule has 146 valence electrons. The monoisotopic (exact) mass is 393 g/mol. The molecule has 2 aromatic carbocycles. The second-order valence-corrected chi connectivity index (χ2v) is 6.29. The van der Waals surface area contributed by atoms with Crippen molar-refractivity contribution < 1.29 is 14.0 Å². The maximum atomic E-state index is 12.9. The van der Waals surface area contributed by atoms with Crippen molar-refractivity contribution in [3.05, 3.63) is 65.5 Å². The van der Waals surface area contributed by atoms with Crippen LogP contribution in [0.3, 0.4) is 0 Å². The molecule has 0 aliphatic carbocycles. The molecule has 4 N–H and O–H groups in total. The van der Waals surface area contributed by atoms with E-state index in [4.69, 9.17) is 5.73 Å². The summed E-state index contributed by atoms with van der Waals surface area (Å²) in [5.41, 5.74) is 7.77. The van der Waals surface area contributed by atoms with Crippen LogP contribution in [-0.4, -0.2) is 17.9 Å². The van der Waals surface area contributed by atoms with Gasteiger partial charge in [0.15, 0.2) is 0 Å². The smallest absolute Gasteiger partial charge is 0.251 e. The van der Waals surface area contributed by atoms with Crippen molar-refractivity contribution in [2.24, 2.45) is 11.7 Å². The van der Waals surface area contributed by atoms with Gasteiger partial charge in [-0.3, -0.25) is 9.59 Å². The highest BCUT2D eigenvalue weighted by Gasteiger charge is 2.19. The largest absolute Gasteiger partial charge is 0.348 e. The van der Waals surface area contributed by atoms with E-state index in [1.54, 1.807) is 36.4 Å². The summed E-state index contributed by atoms with van der Waals surface area (Å²) < 4.78 is 12.9. The number of carbonyl (C=O) groups is 2. The van der Waals surface area contributed by atoms with E-state index in [-0.39, 0.29) is 36.0 Å². The summed E-state index contributed by atoms with van der Waals surface area (Å²) >= 11 is 0. The van der Waals surface area contributed by atoms with Crippen molar-refractivity contribution in [2.45, 2.75) is 32.9 Å². The Morgan fingerprint density at radius 2 is 1.67 bits per heavy atom. The Labute approximate surface area is 164 Å². The van der Waals surface area contributed by atoms with Gasteiger partial charge in [0.2, 0.25) is 5.91 Å². The van der Waals surface area contributed by atoms with E-state index in [0.29, 0.717) is 17.8 Å². The lowest BCUT2D eigenvalue weighted by Crippen LogP contribution is -2.40. The molecule has 0 fully saturated rings. The minimum atomic E-state index is -0.571. The third kappa shape index (κ3) is 6.66. The number of nitrogens with two attached hydrogens (primary N) is 1. The first-order valence-corrected chi connectivity index (χ1v) is 8.60. The molecule has 27 heavy (non-hydrogen) atoms. The van der Waals surface area contributed by atoms with Gasteiger partial charge >= 0.3 is 0 Å². The number of hydrogen-bond donors (Lipinski definition) is 3. The van der Waals surface area contributed by atoms with Crippen LogP contribution in [0.25, 0.3) is 0 Å². The summed E-state index contributed by atoms with van der Waals surface area (Å²) in [5.74, 6) is -0.714. The second-order valence-electron chi connectivity index (χ2n) is 6.29. The Bertz CT molecular complexity index is 751. The van der Waals surface area contributed by atoms with Gasteiger partial charge in [-0.15, -0.1) is 12.4 Å². The maximum absolute atomic E-state index is 12.9. The molecule has 0 saturated carbocycles. The third-order valence-corrected chi connectivity index (χ3v) is 4.34. The molecule has 0 bridgehead atoms. The molecule has 7 heteroatoms. The molecule has 2 atom stereocenters. The minimum Gasteiger partial charge on any atom is -0.348 e. The fraction of sp³-hybridized carbons (Fsp3) is 0.300. The standard InChI is InChI=1S/C20H24FN3O2.ClH/c1-3-13(2)18(22)20(26)24-17-10-6-15(7-11-17)19(25)23-12-14-4-8-16(21)9-5-14;/h4-11,13,18H,3,12,22H2,1-2H3,(H,23,25)(H,24,26);1H. The molecule has 2 unspecified atom stereocenters. The summed E-state index contributed by atoms with van der Waals surface area (Å²) in [5, 5.41) is 5.52. The molecule has 5 nitrogen and oxygen atoms in total. The number of hydrogen-bond acceptors (Lipinski definition) is 3. The lowest BCUT2D eigenvalue weighted by molar-refractivity contribution is -0.118. The molecular formula is C20H25ClFN3O2. The zero-order valence-corrected chi connectivity index (χ0v) is 16.2. The van der Waals surface area contributed by atoms with Crippen LogP contribution in [0, 0.1) is 11.7 Å². The maximum Gasteiger partial charge on any atom is 0.251 e. The molecule has 2 aromatic rings. The topological polar surface area (TPSA) is 84.2 Å². The Morgan fingerprint density at radius 1 is 1.07 bits per heavy atom. The van der Waals surface area contributed by atoms with E-state index in [2.05, 4.69) is 10.6 Å². The number of nitrogens with one attached hydrogen (secondary N) is 2. The van der Waals surface area contributed by atoms with E-state index in [1.165, 1.54) is 12.1 Å². The Balaban J connectivity index is 0.00000364. The van der Waals surface area contributed by atoms with Gasteiger partial charge in [-0.2, -0.15) is 0 Å². The number of amides is 2. The summed E-state index contributed by atoms with van der Waals surface area (Å²) in [6.07, 6.45) is 0.821. The molecule has 0 aliphatic heterocycles. The number of rotatable bonds is 7. The molecule has 0 aromatic heterocycles. The van der Waals surface area contributed by atoms with Crippen molar-refractivity contribution >= 4 is 29.9 Å². The lowest BCUT2D eigenvalue weighted by atomic mass is 9.99. The first-order chi connectivity index (χ1) is 12.4. The van der Waals surface area contributed by atoms with Crippen LogP contribution in [0.15, 0.2) is 48.5 Å². The first-order valence-electron chi connectivity index (χ1n) is 8.60. The number of anilines is 1. The van der Waals surface area contributed by atoms with Gasteiger partial charge in [0.25, 0.3) is 5.91 Å². The minimum absolute atomic E-state index is 0. The third-order valence-electron chi connectivity index (χ3n) is 4.34. The van der Waals surface area contributed by atoms with Gasteiger partial charge in [-0.25, -0.2) is 4.39 Å². The first kappa shape index (κ1) is 22.6. The predicted molar refractivity (Wildman–Crippen MR) is 107 cm³/mol. The van der Waals surface area contributed by atoms with Gasteiger partial charge < -0.3 is 16.4 Å². The lowest BCUT2D eigenvalue weighted by Gasteiger charge is -2.17. The predicted octanol–water partition coefficient (Wildman–Crippen LogP) is 3.49. The molecule has 0 saturated heterocycles. The molecule has 0 spiro atoms. The van der Waals surface area contributed by atoms with Crippen LogP contribution in [0.5, 0.6) is 0 Å². The quantitative estimate of drug-likeness (QED) is 0.673. The van der Waals surface area contributed by atoms with Crippen LogP contribution < -0.4 is 16.4 Å². The molecule has 2 amide bonds. The summed E-state index contributed by atoms with van der Waals surface area (Å²) in [4.78, 5) is 24.2. The normalized spacial score (nSPS) is 12.4. The molecule has 0 aliphatic rings. The average molecular weight is 394 g/mol. The van der Waals surface area contributed by atoms with Crippen molar-refractivity contribution in [1.82, 2.24) is 5.32 Å². The Hall–Kier alpha value is -2.44. The van der Waals surface area contributed by atoms with Crippen LogP contribution in [-0.2, 0) is 11.3 Å². The number of benzene rings is 2. The van der Waals surface area contributed by atoms with Crippen molar-refractivity contribution in [1.29, 1.82) is 0 Å². The van der Waals surface area contributed by atoms with Crippen molar-refractivity contribution in [3.8, 4) is 0 Å². The Kier molecular flexibility index (Phi) is 8.91. The Morgan fingerprint density at radius 3 is 2.22 bits per heavy atom. The molecule has 2 rings (SSSR count). The van der Waals surface area contributed by atoms with E-state index < -0.39 is 6.04 Å². The summed E-state index contributed by atoms with van der Waals surface area (Å²) in [6, 6.07) is 11.9. The van der Waals surface area contributed by atoms with Crippen LogP contribution in [0.4, 0.5) is 10.1 Å².